The largest absolute Gasteiger partial charge is 0.497 e. The Balaban J connectivity index is 2.37. The summed E-state index contributed by atoms with van der Waals surface area (Å²) in [6.07, 6.45) is -0.614. The molecule has 0 bridgehead atoms. The fourth-order valence-electron chi connectivity index (χ4n) is 2.28. The second-order valence-corrected chi connectivity index (χ2v) is 4.43. The number of nitrogens with one attached hydrogen (secondary N) is 1. The van der Waals surface area contributed by atoms with E-state index in [1.807, 2.05) is 0 Å². The van der Waals surface area contributed by atoms with Crippen LogP contribution in [-0.2, 0) is 0 Å². The fraction of sp³-hybridized carbons (Fsp3) is 0.500. The van der Waals surface area contributed by atoms with Gasteiger partial charge >= 0.3 is 0 Å². The van der Waals surface area contributed by atoms with Crippen LogP contribution < -0.4 is 15.8 Å². The number of halogens is 2. The number of benzene rings is 1. The predicted molar refractivity (Wildman–Crippen MR) is 62.3 cm³/mol. The van der Waals surface area contributed by atoms with Gasteiger partial charge in [-0.25, -0.2) is 8.78 Å². The predicted octanol–water partition coefficient (Wildman–Crippen LogP) is 0.696. The highest BCUT2D eigenvalue weighted by molar-refractivity contribution is 5.34. The van der Waals surface area contributed by atoms with Crippen LogP contribution in [0.1, 0.15) is 17.9 Å². The number of hydrogen-bond donors (Lipinski definition) is 3. The Morgan fingerprint density at radius 2 is 2.00 bits per heavy atom. The summed E-state index contributed by atoms with van der Waals surface area (Å²) in [4.78, 5) is 0. The molecule has 1 heterocycles. The molecule has 0 aliphatic carbocycles. The van der Waals surface area contributed by atoms with E-state index in [-0.39, 0.29) is 17.7 Å². The molecule has 1 aliphatic rings. The molecule has 100 valence electrons. The van der Waals surface area contributed by atoms with Gasteiger partial charge in [0.05, 0.1) is 7.11 Å². The van der Waals surface area contributed by atoms with E-state index >= 15 is 0 Å². The zero-order valence-electron chi connectivity index (χ0n) is 9.99. The van der Waals surface area contributed by atoms with Crippen molar-refractivity contribution in [2.45, 2.75) is 24.6 Å². The first-order chi connectivity index (χ1) is 8.52. The highest BCUT2D eigenvalue weighted by Gasteiger charge is 2.32. The SMILES string of the molecule is COc1cc(F)c(C2CC(O)NC[C@H]2N)c(F)c1. The van der Waals surface area contributed by atoms with Crippen molar-refractivity contribution < 1.29 is 18.6 Å². The minimum absolute atomic E-state index is 0.0798. The molecular formula is C12H16F2N2O2. The zero-order chi connectivity index (χ0) is 13.3. The molecule has 2 unspecified atom stereocenters. The second kappa shape index (κ2) is 5.17. The molecule has 0 aromatic heterocycles. The number of methoxy groups -OCH3 is 1. The highest BCUT2D eigenvalue weighted by Crippen LogP contribution is 2.32. The minimum atomic E-state index is -0.796. The van der Waals surface area contributed by atoms with Crippen LogP contribution >= 0.6 is 0 Å². The van der Waals surface area contributed by atoms with Gasteiger partial charge in [0.25, 0.3) is 0 Å². The summed E-state index contributed by atoms with van der Waals surface area (Å²) in [5.74, 6) is -1.81. The number of rotatable bonds is 2. The van der Waals surface area contributed by atoms with Gasteiger partial charge in [0.2, 0.25) is 0 Å². The standard InChI is InChI=1S/C12H16F2N2O2/c1-18-6-2-8(13)12(9(14)3-6)7-4-11(17)16-5-10(7)15/h2-3,7,10-11,16-17H,4-5,15H2,1H3/t7?,10-,11?/m1/s1. The molecule has 0 amide bonds. The van der Waals surface area contributed by atoms with Gasteiger partial charge in [-0.05, 0) is 6.42 Å². The van der Waals surface area contributed by atoms with Crippen molar-refractivity contribution in [2.75, 3.05) is 13.7 Å². The van der Waals surface area contributed by atoms with Crippen LogP contribution in [0.3, 0.4) is 0 Å². The van der Waals surface area contributed by atoms with E-state index in [2.05, 4.69) is 5.32 Å². The number of piperidine rings is 1. The molecule has 4 N–H and O–H groups in total. The Morgan fingerprint density at radius 1 is 1.39 bits per heavy atom. The average molecular weight is 258 g/mol. The Morgan fingerprint density at radius 3 is 2.56 bits per heavy atom. The zero-order valence-corrected chi connectivity index (χ0v) is 9.99. The van der Waals surface area contributed by atoms with Crippen LogP contribution in [0.25, 0.3) is 0 Å². The van der Waals surface area contributed by atoms with E-state index in [1.54, 1.807) is 0 Å². The van der Waals surface area contributed by atoms with Crippen molar-refractivity contribution in [1.82, 2.24) is 5.32 Å². The Hall–Kier alpha value is -1.24. The smallest absolute Gasteiger partial charge is 0.133 e. The molecule has 3 atom stereocenters. The Labute approximate surface area is 104 Å². The summed E-state index contributed by atoms with van der Waals surface area (Å²) >= 11 is 0. The summed E-state index contributed by atoms with van der Waals surface area (Å²) in [6, 6.07) is 1.81. The van der Waals surface area contributed by atoms with E-state index in [4.69, 9.17) is 10.5 Å². The van der Waals surface area contributed by atoms with Crippen LogP contribution in [0.4, 0.5) is 8.78 Å². The molecule has 1 saturated heterocycles. The summed E-state index contributed by atoms with van der Waals surface area (Å²) in [5.41, 5.74) is 5.76. The van der Waals surface area contributed by atoms with Crippen molar-refractivity contribution >= 4 is 0 Å². The third kappa shape index (κ3) is 2.45. The lowest BCUT2D eigenvalue weighted by molar-refractivity contribution is 0.0888. The molecule has 1 aromatic rings. The summed E-state index contributed by atoms with van der Waals surface area (Å²) in [6.45, 7) is 0.316. The molecule has 6 heteroatoms. The monoisotopic (exact) mass is 258 g/mol. The normalized spacial score (nSPS) is 28.2. The number of aliphatic hydroxyl groups excluding tert-OH is 1. The molecule has 0 saturated carbocycles. The van der Waals surface area contributed by atoms with Crippen LogP contribution in [0.5, 0.6) is 5.75 Å². The van der Waals surface area contributed by atoms with Gasteiger partial charge in [0, 0.05) is 36.2 Å². The molecule has 18 heavy (non-hydrogen) atoms. The molecule has 1 aromatic carbocycles. The second-order valence-electron chi connectivity index (χ2n) is 4.43. The summed E-state index contributed by atoms with van der Waals surface area (Å²) < 4.78 is 32.6. The average Bonchev–Trinajstić information content (AvgIpc) is 2.32. The first kappa shape index (κ1) is 13.2. The molecule has 0 spiro atoms. The first-order valence-corrected chi connectivity index (χ1v) is 5.73. The maximum absolute atomic E-state index is 13.9. The van der Waals surface area contributed by atoms with E-state index in [1.165, 1.54) is 7.11 Å². The first-order valence-electron chi connectivity index (χ1n) is 5.73. The number of nitrogens with two attached hydrogens (primary N) is 1. The van der Waals surface area contributed by atoms with Crippen molar-refractivity contribution in [1.29, 1.82) is 0 Å². The van der Waals surface area contributed by atoms with Crippen LogP contribution in [0.2, 0.25) is 0 Å². The van der Waals surface area contributed by atoms with Crippen molar-refractivity contribution in [2.24, 2.45) is 5.73 Å². The van der Waals surface area contributed by atoms with Gasteiger partial charge in [-0.3, -0.25) is 5.32 Å². The maximum Gasteiger partial charge on any atom is 0.133 e. The number of aliphatic hydroxyl groups is 1. The van der Waals surface area contributed by atoms with Gasteiger partial charge < -0.3 is 15.6 Å². The quantitative estimate of drug-likeness (QED) is 0.730. The summed E-state index contributed by atoms with van der Waals surface area (Å²) in [5, 5.41) is 12.3. The van der Waals surface area contributed by atoms with Crippen LogP contribution in [-0.4, -0.2) is 31.0 Å². The minimum Gasteiger partial charge on any atom is -0.497 e. The molecule has 1 aliphatic heterocycles. The lowest BCUT2D eigenvalue weighted by atomic mass is 9.85. The van der Waals surface area contributed by atoms with E-state index in [0.29, 0.717) is 6.54 Å². The van der Waals surface area contributed by atoms with Gasteiger partial charge in [-0.1, -0.05) is 0 Å². The van der Waals surface area contributed by atoms with Gasteiger partial charge in [-0.2, -0.15) is 0 Å². The van der Waals surface area contributed by atoms with E-state index in [9.17, 15) is 13.9 Å². The van der Waals surface area contributed by atoms with Crippen molar-refractivity contribution in [3.8, 4) is 5.75 Å². The van der Waals surface area contributed by atoms with Gasteiger partial charge in [0.1, 0.15) is 23.6 Å². The highest BCUT2D eigenvalue weighted by atomic mass is 19.1. The van der Waals surface area contributed by atoms with Crippen molar-refractivity contribution in [3.63, 3.8) is 0 Å². The molecule has 0 radical (unpaired) electrons. The van der Waals surface area contributed by atoms with Gasteiger partial charge in [0.15, 0.2) is 0 Å². The molecule has 2 rings (SSSR count). The third-order valence-electron chi connectivity index (χ3n) is 3.24. The number of ether oxygens (including phenoxy) is 1. The van der Waals surface area contributed by atoms with E-state index in [0.717, 1.165) is 12.1 Å². The topological polar surface area (TPSA) is 67.5 Å². The lowest BCUT2D eigenvalue weighted by Gasteiger charge is -2.33. The number of hydrogen-bond acceptors (Lipinski definition) is 4. The van der Waals surface area contributed by atoms with Crippen molar-refractivity contribution in [3.05, 3.63) is 29.3 Å². The maximum atomic E-state index is 13.9. The Bertz CT molecular complexity index is 419. The molecule has 1 fully saturated rings. The molecular weight excluding hydrogens is 242 g/mol. The molecule has 4 nitrogen and oxygen atoms in total. The summed E-state index contributed by atoms with van der Waals surface area (Å²) in [7, 11) is 1.34. The fourth-order valence-corrected chi connectivity index (χ4v) is 2.28. The third-order valence-corrected chi connectivity index (χ3v) is 3.24. The van der Waals surface area contributed by atoms with E-state index < -0.39 is 29.8 Å². The Kier molecular flexibility index (Phi) is 3.79. The van der Waals surface area contributed by atoms with Crippen LogP contribution in [0, 0.1) is 11.6 Å². The van der Waals surface area contributed by atoms with Crippen LogP contribution in [0.15, 0.2) is 12.1 Å². The van der Waals surface area contributed by atoms with Gasteiger partial charge in [-0.15, -0.1) is 0 Å². The lowest BCUT2D eigenvalue weighted by Crippen LogP contribution is -2.50.